The van der Waals surface area contributed by atoms with Crippen LogP contribution in [0.3, 0.4) is 0 Å². The molecule has 0 aliphatic rings. The first kappa shape index (κ1) is 15.0. The van der Waals surface area contributed by atoms with Crippen molar-refractivity contribution >= 4 is 17.4 Å². The summed E-state index contributed by atoms with van der Waals surface area (Å²) in [5.41, 5.74) is 7.03. The summed E-state index contributed by atoms with van der Waals surface area (Å²) >= 11 is 0. The Kier molecular flexibility index (Phi) is 5.81. The molecule has 1 unspecified atom stereocenters. The molecule has 0 saturated heterocycles. The molecule has 1 atom stereocenters. The lowest BCUT2D eigenvalue weighted by Gasteiger charge is -2.15. The number of nitrogens with zero attached hydrogens (tertiary/aromatic N) is 1. The average Bonchev–Trinajstić information content (AvgIpc) is 2.41. The molecule has 0 spiro atoms. The van der Waals surface area contributed by atoms with Crippen LogP contribution in [-0.2, 0) is 16.1 Å². The minimum atomic E-state index is -0.652. The van der Waals surface area contributed by atoms with Crippen molar-refractivity contribution in [3.05, 3.63) is 29.8 Å². The number of oxime groups is 1. The van der Waals surface area contributed by atoms with Gasteiger partial charge in [-0.1, -0.05) is 30.3 Å². The van der Waals surface area contributed by atoms with Gasteiger partial charge in [-0.2, -0.15) is 0 Å². The summed E-state index contributed by atoms with van der Waals surface area (Å²) in [6.45, 7) is 2.19. The van der Waals surface area contributed by atoms with E-state index < -0.39 is 5.92 Å². The third kappa shape index (κ3) is 3.96. The number of hydrogen-bond donors (Lipinski definition) is 3. The standard InChI is InChI=1S/C13H19N3O3/c1-3-10(12(14)16-18)13(17)15-11-7-5-4-6-9(11)8-19-2/h4-7,10,18H,3,8H2,1-2H3,(H2,14,16)(H,15,17). The highest BCUT2D eigenvalue weighted by Crippen LogP contribution is 2.17. The van der Waals surface area contributed by atoms with Gasteiger partial charge in [0.05, 0.1) is 12.5 Å². The molecule has 0 aliphatic heterocycles. The molecule has 0 fully saturated rings. The van der Waals surface area contributed by atoms with Gasteiger partial charge in [-0.05, 0) is 12.5 Å². The molecule has 6 heteroatoms. The smallest absolute Gasteiger partial charge is 0.235 e. The van der Waals surface area contributed by atoms with E-state index in [0.717, 1.165) is 5.56 Å². The Morgan fingerprint density at radius 1 is 1.53 bits per heavy atom. The predicted octanol–water partition coefficient (Wildman–Crippen LogP) is 1.54. The van der Waals surface area contributed by atoms with Crippen molar-refractivity contribution in [3.63, 3.8) is 0 Å². The normalized spacial score (nSPS) is 13.1. The summed E-state index contributed by atoms with van der Waals surface area (Å²) in [5.74, 6) is -1.05. The van der Waals surface area contributed by atoms with Crippen LogP contribution in [0.5, 0.6) is 0 Å². The van der Waals surface area contributed by atoms with Gasteiger partial charge in [0, 0.05) is 18.4 Å². The van der Waals surface area contributed by atoms with E-state index in [-0.39, 0.29) is 11.7 Å². The zero-order valence-electron chi connectivity index (χ0n) is 11.1. The van der Waals surface area contributed by atoms with Crippen molar-refractivity contribution < 1.29 is 14.7 Å². The van der Waals surface area contributed by atoms with E-state index in [1.807, 2.05) is 18.2 Å². The molecule has 104 valence electrons. The molecule has 4 N–H and O–H groups in total. The molecule has 0 heterocycles. The molecular weight excluding hydrogens is 246 g/mol. The number of nitrogens with two attached hydrogens (primary N) is 1. The van der Waals surface area contributed by atoms with Crippen LogP contribution in [0, 0.1) is 5.92 Å². The van der Waals surface area contributed by atoms with E-state index in [0.29, 0.717) is 18.7 Å². The van der Waals surface area contributed by atoms with Crippen LogP contribution in [0.15, 0.2) is 29.4 Å². The Hall–Kier alpha value is -2.08. The van der Waals surface area contributed by atoms with Crippen molar-refractivity contribution in [2.75, 3.05) is 12.4 Å². The summed E-state index contributed by atoms with van der Waals surface area (Å²) in [5, 5.41) is 14.3. The van der Waals surface area contributed by atoms with Crippen LogP contribution < -0.4 is 11.1 Å². The fourth-order valence-corrected chi connectivity index (χ4v) is 1.74. The highest BCUT2D eigenvalue weighted by atomic mass is 16.5. The summed E-state index contributed by atoms with van der Waals surface area (Å²) in [6.07, 6.45) is 0.453. The molecule has 1 amide bonds. The maximum atomic E-state index is 12.1. The number of hydrogen-bond acceptors (Lipinski definition) is 4. The molecular formula is C13H19N3O3. The van der Waals surface area contributed by atoms with Gasteiger partial charge in [-0.25, -0.2) is 0 Å². The number of carbonyl (C=O) groups excluding carboxylic acids is 1. The zero-order valence-corrected chi connectivity index (χ0v) is 11.1. The third-order valence-corrected chi connectivity index (χ3v) is 2.77. The number of anilines is 1. The highest BCUT2D eigenvalue weighted by molar-refractivity contribution is 6.07. The lowest BCUT2D eigenvalue weighted by molar-refractivity contribution is -0.118. The van der Waals surface area contributed by atoms with E-state index in [9.17, 15) is 4.79 Å². The molecule has 1 aromatic carbocycles. The Bertz CT molecular complexity index is 460. The fraction of sp³-hybridized carbons (Fsp3) is 0.385. The van der Waals surface area contributed by atoms with Gasteiger partial charge >= 0.3 is 0 Å². The summed E-state index contributed by atoms with van der Waals surface area (Å²) in [7, 11) is 1.59. The SMILES string of the molecule is CCC(C(=O)Nc1ccccc1COC)C(N)=NO. The van der Waals surface area contributed by atoms with Crippen molar-refractivity contribution in [2.24, 2.45) is 16.8 Å². The van der Waals surface area contributed by atoms with Crippen LogP contribution in [0.2, 0.25) is 0 Å². The van der Waals surface area contributed by atoms with Gasteiger partial charge in [0.15, 0.2) is 5.84 Å². The van der Waals surface area contributed by atoms with Gasteiger partial charge in [0.2, 0.25) is 5.91 Å². The van der Waals surface area contributed by atoms with Crippen LogP contribution >= 0.6 is 0 Å². The Labute approximate surface area is 112 Å². The predicted molar refractivity (Wildman–Crippen MR) is 73.0 cm³/mol. The summed E-state index contributed by atoms with van der Waals surface area (Å²) in [4.78, 5) is 12.1. The Balaban J connectivity index is 2.87. The number of amidine groups is 1. The van der Waals surface area contributed by atoms with Crippen LogP contribution in [0.4, 0.5) is 5.69 Å². The largest absolute Gasteiger partial charge is 0.409 e. The maximum absolute atomic E-state index is 12.1. The van der Waals surface area contributed by atoms with E-state index in [4.69, 9.17) is 15.7 Å². The molecule has 0 bridgehead atoms. The molecule has 0 saturated carbocycles. The van der Waals surface area contributed by atoms with Gasteiger partial charge in [-0.3, -0.25) is 4.79 Å². The topological polar surface area (TPSA) is 96.9 Å². The molecule has 0 aromatic heterocycles. The van der Waals surface area contributed by atoms with Gasteiger partial charge < -0.3 is 21.0 Å². The number of rotatable bonds is 6. The average molecular weight is 265 g/mol. The number of nitrogens with one attached hydrogen (secondary N) is 1. The number of methoxy groups -OCH3 is 1. The second-order valence-corrected chi connectivity index (χ2v) is 4.07. The van der Waals surface area contributed by atoms with Gasteiger partial charge in [-0.15, -0.1) is 0 Å². The number of carbonyl (C=O) groups is 1. The Morgan fingerprint density at radius 3 is 2.79 bits per heavy atom. The van der Waals surface area contributed by atoms with Crippen molar-refractivity contribution in [1.82, 2.24) is 0 Å². The Morgan fingerprint density at radius 2 is 2.21 bits per heavy atom. The van der Waals surface area contributed by atoms with E-state index in [1.165, 1.54) is 0 Å². The maximum Gasteiger partial charge on any atom is 0.235 e. The van der Waals surface area contributed by atoms with Crippen molar-refractivity contribution in [1.29, 1.82) is 0 Å². The molecule has 0 aliphatic carbocycles. The highest BCUT2D eigenvalue weighted by Gasteiger charge is 2.21. The molecule has 1 aromatic rings. The number of benzene rings is 1. The third-order valence-electron chi connectivity index (χ3n) is 2.77. The molecule has 1 rings (SSSR count). The first-order valence-electron chi connectivity index (χ1n) is 5.99. The molecule has 0 radical (unpaired) electrons. The molecule has 19 heavy (non-hydrogen) atoms. The zero-order chi connectivity index (χ0) is 14.3. The van der Waals surface area contributed by atoms with E-state index in [1.54, 1.807) is 20.1 Å². The van der Waals surface area contributed by atoms with E-state index in [2.05, 4.69) is 10.5 Å². The second-order valence-electron chi connectivity index (χ2n) is 4.07. The number of para-hydroxylation sites is 1. The van der Waals surface area contributed by atoms with Crippen LogP contribution in [0.25, 0.3) is 0 Å². The first-order valence-corrected chi connectivity index (χ1v) is 5.99. The lowest BCUT2D eigenvalue weighted by Crippen LogP contribution is -2.34. The molecule has 6 nitrogen and oxygen atoms in total. The van der Waals surface area contributed by atoms with Crippen molar-refractivity contribution in [2.45, 2.75) is 20.0 Å². The van der Waals surface area contributed by atoms with E-state index >= 15 is 0 Å². The fourth-order valence-electron chi connectivity index (χ4n) is 1.74. The van der Waals surface area contributed by atoms with Gasteiger partial charge in [0.25, 0.3) is 0 Å². The van der Waals surface area contributed by atoms with Crippen LogP contribution in [0.1, 0.15) is 18.9 Å². The first-order chi connectivity index (χ1) is 9.13. The van der Waals surface area contributed by atoms with Gasteiger partial charge in [0.1, 0.15) is 0 Å². The lowest BCUT2D eigenvalue weighted by atomic mass is 10.0. The number of amides is 1. The number of ether oxygens (including phenoxy) is 1. The quantitative estimate of drug-likeness (QED) is 0.314. The monoisotopic (exact) mass is 265 g/mol. The minimum Gasteiger partial charge on any atom is -0.409 e. The minimum absolute atomic E-state index is 0.0933. The second kappa shape index (κ2) is 7.38. The van der Waals surface area contributed by atoms with Crippen LogP contribution in [-0.4, -0.2) is 24.1 Å². The van der Waals surface area contributed by atoms with Crippen molar-refractivity contribution in [3.8, 4) is 0 Å². The summed E-state index contributed by atoms with van der Waals surface area (Å²) < 4.78 is 5.07. The summed E-state index contributed by atoms with van der Waals surface area (Å²) in [6, 6.07) is 7.33.